The van der Waals surface area contributed by atoms with E-state index in [1.807, 2.05) is 13.0 Å². The fourth-order valence-electron chi connectivity index (χ4n) is 5.25. The minimum atomic E-state index is -0.312. The molecule has 4 nitrogen and oxygen atoms in total. The van der Waals surface area contributed by atoms with Crippen LogP contribution in [-0.4, -0.2) is 38.8 Å². The first-order valence-corrected chi connectivity index (χ1v) is 13.5. The van der Waals surface area contributed by atoms with Gasteiger partial charge in [0.15, 0.2) is 0 Å². The summed E-state index contributed by atoms with van der Waals surface area (Å²) in [5.41, 5.74) is 8.78. The van der Waals surface area contributed by atoms with Crippen molar-refractivity contribution in [3.8, 4) is 0 Å². The number of nitrogens with one attached hydrogen (secondary N) is 1. The molecule has 4 heteroatoms. The van der Waals surface area contributed by atoms with E-state index >= 15 is 0 Å². The highest BCUT2D eigenvalue weighted by Crippen LogP contribution is 2.45. The number of anilines is 1. The highest BCUT2D eigenvalue weighted by atomic mass is 16.5. The van der Waals surface area contributed by atoms with Crippen LogP contribution in [0, 0.1) is 5.92 Å². The van der Waals surface area contributed by atoms with Gasteiger partial charge in [0.2, 0.25) is 0 Å². The van der Waals surface area contributed by atoms with Gasteiger partial charge in [-0.3, -0.25) is 0 Å². The van der Waals surface area contributed by atoms with Gasteiger partial charge in [-0.25, -0.2) is 4.79 Å². The van der Waals surface area contributed by atoms with Crippen molar-refractivity contribution in [1.82, 2.24) is 5.32 Å². The molecule has 3 aromatic carbocycles. The summed E-state index contributed by atoms with van der Waals surface area (Å²) in [6.07, 6.45) is 7.05. The smallest absolute Gasteiger partial charge is 0.330 e. The van der Waals surface area contributed by atoms with Gasteiger partial charge in [0.25, 0.3) is 0 Å². The number of esters is 1. The number of rotatable bonds is 8. The summed E-state index contributed by atoms with van der Waals surface area (Å²) in [6.45, 7) is 6.35. The monoisotopic (exact) mass is 492 g/mol. The van der Waals surface area contributed by atoms with Gasteiger partial charge in [-0.1, -0.05) is 73.2 Å². The molecule has 0 spiro atoms. The molecule has 0 unspecified atom stereocenters. The number of nitrogens with zero attached hydrogens (tertiary/aromatic N) is 1. The highest BCUT2D eigenvalue weighted by molar-refractivity contribution is 6.00. The van der Waals surface area contributed by atoms with E-state index < -0.39 is 0 Å². The van der Waals surface area contributed by atoms with E-state index in [4.69, 9.17) is 4.74 Å². The number of carbonyl (C=O) groups excluding carboxylic acids is 1. The Labute approximate surface area is 220 Å². The molecular formula is C33H36N2O2. The Morgan fingerprint density at radius 2 is 1.54 bits per heavy atom. The van der Waals surface area contributed by atoms with Crippen LogP contribution in [0.4, 0.5) is 5.69 Å². The van der Waals surface area contributed by atoms with Crippen LogP contribution >= 0.6 is 0 Å². The van der Waals surface area contributed by atoms with Gasteiger partial charge >= 0.3 is 5.97 Å². The van der Waals surface area contributed by atoms with Crippen molar-refractivity contribution in [1.29, 1.82) is 0 Å². The molecular weight excluding hydrogens is 456 g/mol. The lowest BCUT2D eigenvalue weighted by Gasteiger charge is -2.32. The quantitative estimate of drug-likeness (QED) is 0.223. The van der Waals surface area contributed by atoms with E-state index in [0.29, 0.717) is 12.5 Å². The van der Waals surface area contributed by atoms with E-state index in [9.17, 15) is 4.79 Å². The number of hydrogen-bond acceptors (Lipinski definition) is 4. The second kappa shape index (κ2) is 12.1. The largest absolute Gasteiger partial charge is 0.463 e. The molecule has 2 fully saturated rings. The van der Waals surface area contributed by atoms with Crippen LogP contribution in [0.15, 0.2) is 84.9 Å². The Kier molecular flexibility index (Phi) is 8.17. The number of ether oxygens (including phenoxy) is 1. The average molecular weight is 493 g/mol. The summed E-state index contributed by atoms with van der Waals surface area (Å²) in [4.78, 5) is 14.2. The summed E-state index contributed by atoms with van der Waals surface area (Å²) in [5, 5.41) is 3.44. The summed E-state index contributed by atoms with van der Waals surface area (Å²) in [5.74, 6) is 0.252. The summed E-state index contributed by atoms with van der Waals surface area (Å²) >= 11 is 0. The summed E-state index contributed by atoms with van der Waals surface area (Å²) in [6, 6.07) is 28.6. The molecule has 2 aliphatic rings. The third-order valence-electron chi connectivity index (χ3n) is 7.40. The third kappa shape index (κ3) is 6.03. The van der Waals surface area contributed by atoms with Crippen molar-refractivity contribution in [2.75, 3.05) is 37.7 Å². The van der Waals surface area contributed by atoms with Gasteiger partial charge in [-0.05, 0) is 77.3 Å². The first-order valence-electron chi connectivity index (χ1n) is 13.5. The highest BCUT2D eigenvalue weighted by Gasteiger charge is 2.27. The minimum Gasteiger partial charge on any atom is -0.463 e. The lowest BCUT2D eigenvalue weighted by atomic mass is 9.73. The molecule has 37 heavy (non-hydrogen) atoms. The Hall–Kier alpha value is -3.63. The SMILES string of the molecule is CCOC(=O)/C=C/c1ccc(/C(=C(\c2ccccc2)C2CCC2)c2ccc(N3CCNCC3)cc2)cc1. The Bertz CT molecular complexity index is 1230. The molecule has 5 rings (SSSR count). The minimum absolute atomic E-state index is 0.312. The van der Waals surface area contributed by atoms with Crippen LogP contribution in [-0.2, 0) is 9.53 Å². The van der Waals surface area contributed by atoms with Crippen LogP contribution in [0.2, 0.25) is 0 Å². The molecule has 1 N–H and O–H groups in total. The van der Waals surface area contributed by atoms with Crippen LogP contribution in [0.3, 0.4) is 0 Å². The summed E-state index contributed by atoms with van der Waals surface area (Å²) < 4.78 is 5.02. The van der Waals surface area contributed by atoms with Crippen molar-refractivity contribution in [2.45, 2.75) is 26.2 Å². The van der Waals surface area contributed by atoms with Gasteiger partial charge in [0.1, 0.15) is 0 Å². The maximum atomic E-state index is 11.8. The molecule has 1 aliphatic carbocycles. The fraction of sp³-hybridized carbons (Fsp3) is 0.303. The van der Waals surface area contributed by atoms with Gasteiger partial charge in [-0.2, -0.15) is 0 Å². The molecule has 0 aromatic heterocycles. The molecule has 0 bridgehead atoms. The van der Waals surface area contributed by atoms with Crippen molar-refractivity contribution < 1.29 is 9.53 Å². The first-order chi connectivity index (χ1) is 18.2. The lowest BCUT2D eigenvalue weighted by Crippen LogP contribution is -2.43. The maximum absolute atomic E-state index is 11.8. The van der Waals surface area contributed by atoms with Gasteiger partial charge in [0, 0.05) is 37.9 Å². The first kappa shape index (κ1) is 25.0. The molecule has 1 saturated carbocycles. The van der Waals surface area contributed by atoms with E-state index in [-0.39, 0.29) is 5.97 Å². The zero-order valence-electron chi connectivity index (χ0n) is 21.7. The van der Waals surface area contributed by atoms with E-state index in [1.54, 1.807) is 0 Å². The van der Waals surface area contributed by atoms with Gasteiger partial charge < -0.3 is 15.0 Å². The van der Waals surface area contributed by atoms with Crippen LogP contribution in [0.5, 0.6) is 0 Å². The Balaban J connectivity index is 1.55. The second-order valence-corrected chi connectivity index (χ2v) is 9.77. The molecule has 0 radical (unpaired) electrons. The second-order valence-electron chi connectivity index (χ2n) is 9.77. The molecule has 190 valence electrons. The average Bonchev–Trinajstić information content (AvgIpc) is 2.93. The molecule has 0 atom stereocenters. The predicted molar refractivity (Wildman–Crippen MR) is 153 cm³/mol. The number of piperazine rings is 1. The molecule has 1 heterocycles. The fourth-order valence-corrected chi connectivity index (χ4v) is 5.25. The normalized spacial score (nSPS) is 16.8. The Morgan fingerprint density at radius 3 is 2.14 bits per heavy atom. The van der Waals surface area contributed by atoms with Crippen LogP contribution in [0.25, 0.3) is 17.2 Å². The number of carbonyl (C=O) groups is 1. The number of benzene rings is 3. The molecule has 3 aromatic rings. The topological polar surface area (TPSA) is 41.6 Å². The maximum Gasteiger partial charge on any atom is 0.330 e. The van der Waals surface area contributed by atoms with Gasteiger partial charge in [-0.15, -0.1) is 0 Å². The van der Waals surface area contributed by atoms with Crippen molar-refractivity contribution in [3.05, 3.63) is 107 Å². The molecule has 0 amide bonds. The van der Waals surface area contributed by atoms with Crippen molar-refractivity contribution >= 4 is 28.9 Å². The lowest BCUT2D eigenvalue weighted by molar-refractivity contribution is -0.137. The number of hydrogen-bond donors (Lipinski definition) is 1. The van der Waals surface area contributed by atoms with Crippen molar-refractivity contribution in [3.63, 3.8) is 0 Å². The standard InChI is InChI=1S/C33H36N2O2/c1-2-37-31(36)20-13-25-11-14-28(15-12-25)33(32(27-9-6-10-27)26-7-4-3-5-8-26)29-16-18-30(19-17-29)35-23-21-34-22-24-35/h3-5,7-8,11-20,27,34H,2,6,9-10,21-24H2,1H3/b20-13+,33-32-. The Morgan fingerprint density at radius 1 is 0.892 bits per heavy atom. The van der Waals surface area contributed by atoms with Crippen LogP contribution < -0.4 is 10.2 Å². The van der Waals surface area contributed by atoms with E-state index in [1.165, 1.54) is 58.9 Å². The van der Waals surface area contributed by atoms with E-state index in [2.05, 4.69) is 89.1 Å². The molecule has 1 aliphatic heterocycles. The zero-order valence-corrected chi connectivity index (χ0v) is 21.7. The summed E-state index contributed by atoms with van der Waals surface area (Å²) in [7, 11) is 0. The predicted octanol–water partition coefficient (Wildman–Crippen LogP) is 6.43. The molecule has 1 saturated heterocycles. The van der Waals surface area contributed by atoms with E-state index in [0.717, 1.165) is 31.7 Å². The zero-order chi connectivity index (χ0) is 25.5. The van der Waals surface area contributed by atoms with Crippen molar-refractivity contribution in [2.24, 2.45) is 5.92 Å². The number of allylic oxidation sites excluding steroid dienone is 1. The van der Waals surface area contributed by atoms with Crippen LogP contribution in [0.1, 0.15) is 48.4 Å². The van der Waals surface area contributed by atoms with Gasteiger partial charge in [0.05, 0.1) is 6.61 Å². The third-order valence-corrected chi connectivity index (χ3v) is 7.40.